The maximum atomic E-state index is 11.5. The summed E-state index contributed by atoms with van der Waals surface area (Å²) in [6, 6.07) is 1.63. The Morgan fingerprint density at radius 2 is 2.16 bits per heavy atom. The second kappa shape index (κ2) is 4.21. The first-order valence-corrected chi connectivity index (χ1v) is 5.34. The minimum Gasteiger partial charge on any atom is -0.377 e. The molecule has 0 radical (unpaired) electrons. The highest BCUT2D eigenvalue weighted by atomic mass is 16.5. The van der Waals surface area contributed by atoms with Gasteiger partial charge < -0.3 is 14.2 Å². The standard InChI is InChI=1S/C10H9N5O4/c1-18-3-4-2-5(15-19-4)7-11-6-8(12-7)13-10(17)14-9(6)16/h2H,3H2,1H3,(H3,11,12,13,14,16,17). The smallest absolute Gasteiger partial charge is 0.327 e. The second-order valence-electron chi connectivity index (χ2n) is 3.83. The molecule has 0 saturated carbocycles. The third-order valence-corrected chi connectivity index (χ3v) is 2.48. The van der Waals surface area contributed by atoms with Gasteiger partial charge in [-0.15, -0.1) is 0 Å². The van der Waals surface area contributed by atoms with E-state index >= 15 is 0 Å². The third kappa shape index (κ3) is 1.95. The minimum atomic E-state index is -0.615. The highest BCUT2D eigenvalue weighted by molar-refractivity contribution is 5.73. The van der Waals surface area contributed by atoms with Crippen molar-refractivity contribution in [3.05, 3.63) is 32.7 Å². The summed E-state index contributed by atoms with van der Waals surface area (Å²) >= 11 is 0. The lowest BCUT2D eigenvalue weighted by atomic mass is 10.3. The number of hydrogen-bond acceptors (Lipinski definition) is 6. The molecule has 19 heavy (non-hydrogen) atoms. The summed E-state index contributed by atoms with van der Waals surface area (Å²) in [5, 5.41) is 3.80. The molecule has 0 bridgehead atoms. The van der Waals surface area contributed by atoms with Gasteiger partial charge in [-0.3, -0.25) is 14.8 Å². The van der Waals surface area contributed by atoms with Gasteiger partial charge in [0.05, 0.1) is 0 Å². The van der Waals surface area contributed by atoms with E-state index in [2.05, 4.69) is 25.1 Å². The van der Waals surface area contributed by atoms with Gasteiger partial charge in [0.1, 0.15) is 17.8 Å². The molecule has 0 unspecified atom stereocenters. The fourth-order valence-corrected chi connectivity index (χ4v) is 1.69. The summed E-state index contributed by atoms with van der Waals surface area (Å²) in [7, 11) is 1.54. The summed E-state index contributed by atoms with van der Waals surface area (Å²) in [6.07, 6.45) is 0. The van der Waals surface area contributed by atoms with E-state index in [0.717, 1.165) is 0 Å². The fraction of sp³-hybridized carbons (Fsp3) is 0.200. The zero-order valence-corrected chi connectivity index (χ0v) is 9.81. The monoisotopic (exact) mass is 263 g/mol. The van der Waals surface area contributed by atoms with Gasteiger partial charge in [-0.2, -0.15) is 0 Å². The molecular formula is C10H9N5O4. The van der Waals surface area contributed by atoms with Gasteiger partial charge in [0.25, 0.3) is 5.56 Å². The summed E-state index contributed by atoms with van der Waals surface area (Å²) in [5.41, 5.74) is -0.400. The molecule has 0 aliphatic rings. The van der Waals surface area contributed by atoms with Gasteiger partial charge in [0.15, 0.2) is 17.2 Å². The van der Waals surface area contributed by atoms with Crippen LogP contribution in [0.4, 0.5) is 0 Å². The molecule has 0 atom stereocenters. The van der Waals surface area contributed by atoms with Crippen LogP contribution in [0.1, 0.15) is 5.76 Å². The summed E-state index contributed by atoms with van der Waals surface area (Å²) in [6.45, 7) is 0.282. The van der Waals surface area contributed by atoms with Gasteiger partial charge in [0, 0.05) is 13.2 Å². The van der Waals surface area contributed by atoms with Crippen LogP contribution in [0.15, 0.2) is 20.2 Å². The van der Waals surface area contributed by atoms with E-state index in [-0.39, 0.29) is 17.8 Å². The SMILES string of the molecule is COCc1cc(-c2nc3[nH]c(=O)[nH]c(=O)c3[nH]2)no1. The van der Waals surface area contributed by atoms with E-state index in [0.29, 0.717) is 17.3 Å². The molecule has 3 N–H and O–H groups in total. The van der Waals surface area contributed by atoms with E-state index in [4.69, 9.17) is 9.26 Å². The zero-order valence-electron chi connectivity index (χ0n) is 9.81. The minimum absolute atomic E-state index is 0.167. The van der Waals surface area contributed by atoms with Crippen molar-refractivity contribution in [3.8, 4) is 11.5 Å². The molecule has 3 heterocycles. The molecule has 3 aromatic heterocycles. The van der Waals surface area contributed by atoms with E-state index in [9.17, 15) is 9.59 Å². The van der Waals surface area contributed by atoms with Crippen molar-refractivity contribution >= 4 is 11.2 Å². The summed E-state index contributed by atoms with van der Waals surface area (Å²) < 4.78 is 9.92. The molecule has 0 amide bonds. The van der Waals surface area contributed by atoms with Crippen molar-refractivity contribution in [1.82, 2.24) is 25.1 Å². The first-order chi connectivity index (χ1) is 9.17. The Morgan fingerprint density at radius 3 is 2.95 bits per heavy atom. The van der Waals surface area contributed by atoms with E-state index < -0.39 is 11.2 Å². The Balaban J connectivity index is 2.12. The molecule has 0 aliphatic carbocycles. The van der Waals surface area contributed by atoms with Gasteiger partial charge >= 0.3 is 5.69 Å². The number of fused-ring (bicyclic) bond motifs is 1. The average molecular weight is 263 g/mol. The average Bonchev–Trinajstić information content (AvgIpc) is 2.95. The predicted octanol–water partition coefficient (Wildman–Crippen LogP) is -0.259. The molecule has 0 saturated heterocycles. The van der Waals surface area contributed by atoms with Crippen LogP contribution < -0.4 is 11.2 Å². The molecule has 0 spiro atoms. The van der Waals surface area contributed by atoms with E-state index in [1.54, 1.807) is 6.07 Å². The highest BCUT2D eigenvalue weighted by Gasteiger charge is 2.13. The number of nitrogens with one attached hydrogen (secondary N) is 3. The number of aromatic nitrogens is 5. The quantitative estimate of drug-likeness (QED) is 0.597. The normalized spacial score (nSPS) is 11.2. The molecule has 3 aromatic rings. The number of H-pyrrole nitrogens is 3. The van der Waals surface area contributed by atoms with Gasteiger partial charge in [-0.1, -0.05) is 5.16 Å². The van der Waals surface area contributed by atoms with E-state index in [1.807, 2.05) is 0 Å². The maximum Gasteiger partial charge on any atom is 0.327 e. The predicted molar refractivity (Wildman–Crippen MR) is 63.5 cm³/mol. The van der Waals surface area contributed by atoms with Crippen LogP contribution in [0.5, 0.6) is 0 Å². The second-order valence-corrected chi connectivity index (χ2v) is 3.83. The van der Waals surface area contributed by atoms with E-state index in [1.165, 1.54) is 7.11 Å². The largest absolute Gasteiger partial charge is 0.377 e. The number of ether oxygens (including phenoxy) is 1. The Bertz CT molecular complexity index is 839. The molecule has 3 rings (SSSR count). The van der Waals surface area contributed by atoms with Crippen LogP contribution in [0.3, 0.4) is 0 Å². The van der Waals surface area contributed by atoms with Crippen LogP contribution in [0.2, 0.25) is 0 Å². The summed E-state index contributed by atoms with van der Waals surface area (Å²) in [5.74, 6) is 0.855. The number of nitrogens with zero attached hydrogens (tertiary/aromatic N) is 2. The molecule has 9 nitrogen and oxygen atoms in total. The molecule has 0 fully saturated rings. The van der Waals surface area contributed by atoms with Gasteiger partial charge in [-0.25, -0.2) is 9.78 Å². The Hall–Kier alpha value is -2.68. The number of imidazole rings is 1. The van der Waals surface area contributed by atoms with Crippen LogP contribution >= 0.6 is 0 Å². The Morgan fingerprint density at radius 1 is 1.32 bits per heavy atom. The lowest BCUT2D eigenvalue weighted by molar-refractivity contribution is 0.156. The first kappa shape index (κ1) is 11.4. The number of methoxy groups -OCH3 is 1. The maximum absolute atomic E-state index is 11.5. The van der Waals surface area contributed by atoms with Crippen molar-refractivity contribution in [1.29, 1.82) is 0 Å². The molecule has 0 aliphatic heterocycles. The number of aromatic amines is 3. The molecule has 98 valence electrons. The lowest BCUT2D eigenvalue weighted by Gasteiger charge is -1.87. The highest BCUT2D eigenvalue weighted by Crippen LogP contribution is 2.17. The van der Waals surface area contributed by atoms with Crippen LogP contribution in [-0.4, -0.2) is 32.2 Å². The summed E-state index contributed by atoms with van der Waals surface area (Å²) in [4.78, 5) is 34.0. The van der Waals surface area contributed by atoms with Gasteiger partial charge in [0.2, 0.25) is 0 Å². The van der Waals surface area contributed by atoms with Crippen molar-refractivity contribution in [3.63, 3.8) is 0 Å². The van der Waals surface area contributed by atoms with Crippen LogP contribution in [0, 0.1) is 0 Å². The van der Waals surface area contributed by atoms with Crippen molar-refractivity contribution in [2.24, 2.45) is 0 Å². The van der Waals surface area contributed by atoms with Gasteiger partial charge in [-0.05, 0) is 0 Å². The van der Waals surface area contributed by atoms with Crippen LogP contribution in [-0.2, 0) is 11.3 Å². The Labute approximate surface area is 104 Å². The number of hydrogen-bond donors (Lipinski definition) is 3. The molecule has 9 heteroatoms. The first-order valence-electron chi connectivity index (χ1n) is 5.34. The number of rotatable bonds is 3. The lowest BCUT2D eigenvalue weighted by Crippen LogP contribution is -2.21. The third-order valence-electron chi connectivity index (χ3n) is 2.48. The topological polar surface area (TPSA) is 130 Å². The fourth-order valence-electron chi connectivity index (χ4n) is 1.69. The van der Waals surface area contributed by atoms with Crippen molar-refractivity contribution < 1.29 is 9.26 Å². The van der Waals surface area contributed by atoms with Crippen LogP contribution in [0.25, 0.3) is 22.7 Å². The molecular weight excluding hydrogens is 254 g/mol. The zero-order chi connectivity index (χ0) is 13.4. The van der Waals surface area contributed by atoms with Crippen molar-refractivity contribution in [2.75, 3.05) is 7.11 Å². The Kier molecular flexibility index (Phi) is 2.53. The molecule has 0 aromatic carbocycles. The van der Waals surface area contributed by atoms with Crippen molar-refractivity contribution in [2.45, 2.75) is 6.61 Å².